The zero-order valence-corrected chi connectivity index (χ0v) is 11.8. The van der Waals surface area contributed by atoms with Crippen molar-refractivity contribution in [3.05, 3.63) is 29.8 Å². The van der Waals surface area contributed by atoms with E-state index in [2.05, 4.69) is 5.32 Å². The Balaban J connectivity index is 2.09. The summed E-state index contributed by atoms with van der Waals surface area (Å²) in [4.78, 5) is 14.2. The van der Waals surface area contributed by atoms with Gasteiger partial charge in [0.25, 0.3) is 5.91 Å². The van der Waals surface area contributed by atoms with Gasteiger partial charge in [0.1, 0.15) is 5.75 Å². The highest BCUT2D eigenvalue weighted by Gasteiger charge is 2.24. The second-order valence-electron chi connectivity index (χ2n) is 5.26. The van der Waals surface area contributed by atoms with E-state index >= 15 is 0 Å². The van der Waals surface area contributed by atoms with Gasteiger partial charge in [0.15, 0.2) is 0 Å². The SMILES string of the molecule is CC(C)Oc1cccc(C(=O)N(C)C2CCNC2)c1. The molecular formula is C15H22N2O2. The van der Waals surface area contributed by atoms with Crippen molar-refractivity contribution >= 4 is 5.91 Å². The van der Waals surface area contributed by atoms with Crippen LogP contribution in [-0.2, 0) is 0 Å². The highest BCUT2D eigenvalue weighted by molar-refractivity contribution is 5.94. The molecule has 104 valence electrons. The van der Waals surface area contributed by atoms with E-state index in [9.17, 15) is 4.79 Å². The molecule has 1 unspecified atom stereocenters. The minimum atomic E-state index is 0.0582. The van der Waals surface area contributed by atoms with E-state index < -0.39 is 0 Å². The van der Waals surface area contributed by atoms with Crippen molar-refractivity contribution in [3.8, 4) is 5.75 Å². The lowest BCUT2D eigenvalue weighted by atomic mass is 10.1. The standard InChI is InChI=1S/C15H22N2O2/c1-11(2)19-14-6-4-5-12(9-14)15(18)17(3)13-7-8-16-10-13/h4-6,9,11,13,16H,7-8,10H2,1-3H3. The summed E-state index contributed by atoms with van der Waals surface area (Å²) in [6, 6.07) is 7.71. The summed E-state index contributed by atoms with van der Waals surface area (Å²) in [6.07, 6.45) is 1.13. The topological polar surface area (TPSA) is 41.6 Å². The summed E-state index contributed by atoms with van der Waals surface area (Å²) in [6.45, 7) is 5.82. The Bertz CT molecular complexity index is 440. The van der Waals surface area contributed by atoms with Crippen molar-refractivity contribution in [2.45, 2.75) is 32.4 Å². The van der Waals surface area contributed by atoms with Crippen molar-refractivity contribution in [2.24, 2.45) is 0 Å². The second-order valence-corrected chi connectivity index (χ2v) is 5.26. The van der Waals surface area contributed by atoms with Crippen LogP contribution in [0.2, 0.25) is 0 Å². The number of carbonyl (C=O) groups excluding carboxylic acids is 1. The van der Waals surface area contributed by atoms with Crippen LogP contribution in [0.5, 0.6) is 5.75 Å². The largest absolute Gasteiger partial charge is 0.491 e. The van der Waals surface area contributed by atoms with Crippen molar-refractivity contribution in [2.75, 3.05) is 20.1 Å². The van der Waals surface area contributed by atoms with Crippen LogP contribution in [0, 0.1) is 0 Å². The summed E-state index contributed by atoms with van der Waals surface area (Å²) in [7, 11) is 1.87. The maximum atomic E-state index is 12.4. The Hall–Kier alpha value is -1.55. The molecule has 0 radical (unpaired) electrons. The Labute approximate surface area is 114 Å². The Kier molecular flexibility index (Phi) is 4.43. The zero-order valence-electron chi connectivity index (χ0n) is 11.8. The fraction of sp³-hybridized carbons (Fsp3) is 0.533. The normalized spacial score (nSPS) is 18.6. The fourth-order valence-electron chi connectivity index (χ4n) is 2.31. The van der Waals surface area contributed by atoms with Crippen molar-refractivity contribution in [1.82, 2.24) is 10.2 Å². The summed E-state index contributed by atoms with van der Waals surface area (Å²) in [5.41, 5.74) is 0.688. The lowest BCUT2D eigenvalue weighted by molar-refractivity contribution is 0.0743. The first-order valence-electron chi connectivity index (χ1n) is 6.82. The number of nitrogens with one attached hydrogen (secondary N) is 1. The number of amides is 1. The molecule has 0 aliphatic carbocycles. The molecule has 0 saturated carbocycles. The van der Waals surface area contributed by atoms with Gasteiger partial charge < -0.3 is 15.0 Å². The number of carbonyl (C=O) groups is 1. The number of likely N-dealkylation sites (N-methyl/N-ethyl adjacent to an activating group) is 1. The van der Waals surface area contributed by atoms with Gasteiger partial charge in [-0.05, 0) is 45.0 Å². The molecule has 1 aliphatic rings. The molecule has 1 aromatic rings. The molecule has 1 aliphatic heterocycles. The number of nitrogens with zero attached hydrogens (tertiary/aromatic N) is 1. The van der Waals surface area contributed by atoms with Crippen LogP contribution in [0.3, 0.4) is 0 Å². The van der Waals surface area contributed by atoms with E-state index in [1.54, 1.807) is 0 Å². The van der Waals surface area contributed by atoms with Gasteiger partial charge in [-0.3, -0.25) is 4.79 Å². The molecule has 1 atom stereocenters. The Morgan fingerprint density at radius 1 is 1.47 bits per heavy atom. The highest BCUT2D eigenvalue weighted by Crippen LogP contribution is 2.18. The van der Waals surface area contributed by atoms with Gasteiger partial charge in [-0.2, -0.15) is 0 Å². The predicted octanol–water partition coefficient (Wildman–Crippen LogP) is 1.91. The summed E-state index contributed by atoms with van der Waals surface area (Å²) < 4.78 is 5.63. The molecule has 1 fully saturated rings. The third-order valence-corrected chi connectivity index (χ3v) is 3.36. The maximum Gasteiger partial charge on any atom is 0.254 e. The number of rotatable bonds is 4. The van der Waals surface area contributed by atoms with Gasteiger partial charge in [0.05, 0.1) is 6.10 Å². The average molecular weight is 262 g/mol. The van der Waals surface area contributed by atoms with Gasteiger partial charge >= 0.3 is 0 Å². The molecular weight excluding hydrogens is 240 g/mol. The first-order chi connectivity index (χ1) is 9.08. The second kappa shape index (κ2) is 6.06. The van der Waals surface area contributed by atoms with Gasteiger partial charge in [-0.25, -0.2) is 0 Å². The molecule has 19 heavy (non-hydrogen) atoms. The smallest absolute Gasteiger partial charge is 0.254 e. The van der Waals surface area contributed by atoms with Crippen LogP contribution >= 0.6 is 0 Å². The van der Waals surface area contributed by atoms with E-state index in [1.807, 2.05) is 50.1 Å². The van der Waals surface area contributed by atoms with Crippen LogP contribution in [0.4, 0.5) is 0 Å². The number of hydrogen-bond acceptors (Lipinski definition) is 3. The Morgan fingerprint density at radius 2 is 2.26 bits per heavy atom. The zero-order chi connectivity index (χ0) is 13.8. The fourth-order valence-corrected chi connectivity index (χ4v) is 2.31. The molecule has 1 aromatic carbocycles. The molecule has 0 bridgehead atoms. The third-order valence-electron chi connectivity index (χ3n) is 3.36. The first kappa shape index (κ1) is 13.9. The lowest BCUT2D eigenvalue weighted by Gasteiger charge is -2.24. The van der Waals surface area contributed by atoms with Crippen LogP contribution in [-0.4, -0.2) is 43.1 Å². The summed E-state index contributed by atoms with van der Waals surface area (Å²) in [5, 5.41) is 3.28. The van der Waals surface area contributed by atoms with E-state index in [0.29, 0.717) is 11.6 Å². The van der Waals surface area contributed by atoms with Crippen LogP contribution < -0.4 is 10.1 Å². The average Bonchev–Trinajstić information content (AvgIpc) is 2.90. The molecule has 1 heterocycles. The third kappa shape index (κ3) is 3.47. The van der Waals surface area contributed by atoms with Crippen LogP contribution in [0.25, 0.3) is 0 Å². The van der Waals surface area contributed by atoms with Crippen molar-refractivity contribution in [3.63, 3.8) is 0 Å². The first-order valence-corrected chi connectivity index (χ1v) is 6.82. The van der Waals surface area contributed by atoms with Crippen molar-refractivity contribution in [1.29, 1.82) is 0 Å². The minimum absolute atomic E-state index is 0.0582. The van der Waals surface area contributed by atoms with Gasteiger partial charge in [0, 0.05) is 25.2 Å². The van der Waals surface area contributed by atoms with Gasteiger partial charge in [-0.15, -0.1) is 0 Å². The van der Waals surface area contributed by atoms with E-state index in [1.165, 1.54) is 0 Å². The molecule has 4 heteroatoms. The number of benzene rings is 1. The molecule has 2 rings (SSSR count). The van der Waals surface area contributed by atoms with Crippen molar-refractivity contribution < 1.29 is 9.53 Å². The van der Waals surface area contributed by atoms with Crippen LogP contribution in [0.15, 0.2) is 24.3 Å². The minimum Gasteiger partial charge on any atom is -0.491 e. The van der Waals surface area contributed by atoms with Gasteiger partial charge in [-0.1, -0.05) is 6.07 Å². The quantitative estimate of drug-likeness (QED) is 0.901. The number of hydrogen-bond donors (Lipinski definition) is 1. The lowest BCUT2D eigenvalue weighted by Crippen LogP contribution is -2.38. The number of ether oxygens (including phenoxy) is 1. The summed E-state index contributed by atoms with van der Waals surface area (Å²) in [5.74, 6) is 0.807. The molecule has 1 N–H and O–H groups in total. The van der Waals surface area contributed by atoms with E-state index in [0.717, 1.165) is 25.3 Å². The van der Waals surface area contributed by atoms with Crippen LogP contribution in [0.1, 0.15) is 30.6 Å². The molecule has 4 nitrogen and oxygen atoms in total. The maximum absolute atomic E-state index is 12.4. The molecule has 0 aromatic heterocycles. The molecule has 0 spiro atoms. The highest BCUT2D eigenvalue weighted by atomic mass is 16.5. The van der Waals surface area contributed by atoms with E-state index in [4.69, 9.17) is 4.74 Å². The predicted molar refractivity (Wildman–Crippen MR) is 75.6 cm³/mol. The molecule has 1 amide bonds. The van der Waals surface area contributed by atoms with E-state index in [-0.39, 0.29) is 12.0 Å². The van der Waals surface area contributed by atoms with Gasteiger partial charge in [0.2, 0.25) is 0 Å². The monoisotopic (exact) mass is 262 g/mol. The summed E-state index contributed by atoms with van der Waals surface area (Å²) >= 11 is 0. The Morgan fingerprint density at radius 3 is 2.89 bits per heavy atom. The molecule has 1 saturated heterocycles.